The van der Waals surface area contributed by atoms with Gasteiger partial charge in [-0.3, -0.25) is 9.36 Å². The normalized spacial score (nSPS) is 16.0. The first-order valence-corrected chi connectivity index (χ1v) is 15.4. The Balaban J connectivity index is 1.30. The summed E-state index contributed by atoms with van der Waals surface area (Å²) < 4.78 is 9.59. The summed E-state index contributed by atoms with van der Waals surface area (Å²) >= 11 is 11.1. The van der Waals surface area contributed by atoms with Gasteiger partial charge < -0.3 is 4.74 Å². The van der Waals surface area contributed by atoms with Crippen molar-refractivity contribution in [1.29, 1.82) is 0 Å². The first-order valence-electron chi connectivity index (χ1n) is 13.4. The van der Waals surface area contributed by atoms with E-state index in [2.05, 4.69) is 40.2 Å². The van der Waals surface area contributed by atoms with E-state index in [1.54, 1.807) is 0 Å². The Hall–Kier alpha value is -3.71. The quantitative estimate of drug-likeness (QED) is 0.202. The Kier molecular flexibility index (Phi) is 6.99. The highest BCUT2D eigenvalue weighted by Crippen LogP contribution is 2.41. The zero-order valence-corrected chi connectivity index (χ0v) is 25.0. The van der Waals surface area contributed by atoms with Crippen LogP contribution in [0.25, 0.3) is 11.8 Å². The molecule has 0 N–H and O–H groups in total. The van der Waals surface area contributed by atoms with Crippen LogP contribution in [-0.4, -0.2) is 4.57 Å². The van der Waals surface area contributed by atoms with Crippen LogP contribution in [0.2, 0.25) is 5.02 Å². The van der Waals surface area contributed by atoms with Gasteiger partial charge in [-0.05, 0) is 83.1 Å². The van der Waals surface area contributed by atoms with E-state index in [0.29, 0.717) is 21.0 Å². The van der Waals surface area contributed by atoms with Gasteiger partial charge in [0.05, 0.1) is 16.3 Å². The average Bonchev–Trinajstić information content (AvgIpc) is 3.30. The van der Waals surface area contributed by atoms with Crippen molar-refractivity contribution in [2.75, 3.05) is 0 Å². The van der Waals surface area contributed by atoms with Gasteiger partial charge in [0.15, 0.2) is 4.80 Å². The van der Waals surface area contributed by atoms with E-state index < -0.39 is 0 Å². The highest BCUT2D eigenvalue weighted by molar-refractivity contribution is 9.10. The van der Waals surface area contributed by atoms with Crippen molar-refractivity contribution < 1.29 is 4.74 Å². The summed E-state index contributed by atoms with van der Waals surface area (Å²) in [7, 11) is 0. The average molecular weight is 640 g/mol. The summed E-state index contributed by atoms with van der Waals surface area (Å²) in [4.78, 5) is 19.8. The van der Waals surface area contributed by atoms with Crippen LogP contribution in [0, 0.1) is 0 Å². The molecule has 1 aliphatic carbocycles. The summed E-state index contributed by atoms with van der Waals surface area (Å²) in [5.41, 5.74) is 7.59. The minimum Gasteiger partial charge on any atom is -0.489 e. The lowest BCUT2D eigenvalue weighted by Gasteiger charge is -2.30. The lowest BCUT2D eigenvalue weighted by atomic mass is 9.83. The van der Waals surface area contributed by atoms with E-state index in [1.165, 1.54) is 22.5 Å². The van der Waals surface area contributed by atoms with E-state index in [9.17, 15) is 4.79 Å². The summed E-state index contributed by atoms with van der Waals surface area (Å²) in [5.74, 6) is 0.751. The Morgan fingerprint density at radius 3 is 2.61 bits per heavy atom. The predicted molar refractivity (Wildman–Crippen MR) is 169 cm³/mol. The van der Waals surface area contributed by atoms with Crippen molar-refractivity contribution in [2.24, 2.45) is 4.99 Å². The van der Waals surface area contributed by atoms with Crippen LogP contribution in [0.1, 0.15) is 40.3 Å². The lowest BCUT2D eigenvalue weighted by Crippen LogP contribution is -2.38. The van der Waals surface area contributed by atoms with Crippen LogP contribution in [0.4, 0.5) is 0 Å². The largest absolute Gasteiger partial charge is 0.489 e. The summed E-state index contributed by atoms with van der Waals surface area (Å²) in [6.07, 6.45) is 3.71. The number of nitrogens with zero attached hydrogens (tertiary/aromatic N) is 2. The SMILES string of the molecule is O=c1/c(=C\c2cccc(OCc3ccc(Br)cc3)c2)sc2n1C(c1ccc(Cl)cc1)C1=C(N=2)c2ccccc2CC1. The number of rotatable bonds is 5. The molecule has 4 nitrogen and oxygen atoms in total. The fourth-order valence-corrected chi connectivity index (χ4v) is 6.95. The van der Waals surface area contributed by atoms with Crippen molar-refractivity contribution >= 4 is 50.6 Å². The molecule has 1 aromatic heterocycles. The number of hydrogen-bond donors (Lipinski definition) is 0. The maximum atomic E-state index is 14.0. The van der Waals surface area contributed by atoms with Gasteiger partial charge in [-0.2, -0.15) is 0 Å². The van der Waals surface area contributed by atoms with Gasteiger partial charge in [0.2, 0.25) is 0 Å². The maximum Gasteiger partial charge on any atom is 0.271 e. The second-order valence-corrected chi connectivity index (χ2v) is 12.5. The van der Waals surface area contributed by atoms with Crippen LogP contribution in [-0.2, 0) is 13.0 Å². The molecule has 4 aromatic carbocycles. The monoisotopic (exact) mass is 638 g/mol. The van der Waals surface area contributed by atoms with E-state index in [1.807, 2.05) is 83.4 Å². The molecule has 41 heavy (non-hydrogen) atoms. The number of aryl methyl sites for hydroxylation is 1. The highest BCUT2D eigenvalue weighted by atomic mass is 79.9. The van der Waals surface area contributed by atoms with Gasteiger partial charge in [0, 0.05) is 15.1 Å². The molecule has 7 rings (SSSR count). The molecule has 2 aliphatic rings. The lowest BCUT2D eigenvalue weighted by molar-refractivity contribution is 0.306. The Bertz CT molecular complexity index is 1990. The molecule has 0 saturated heterocycles. The Labute approximate surface area is 254 Å². The van der Waals surface area contributed by atoms with Gasteiger partial charge in [0.1, 0.15) is 12.4 Å². The molecule has 0 saturated carbocycles. The molecule has 7 heteroatoms. The number of benzene rings is 4. The van der Waals surface area contributed by atoms with Crippen molar-refractivity contribution in [3.63, 3.8) is 0 Å². The molecule has 0 bridgehead atoms. The molecular formula is C34H24BrClN2O2S. The summed E-state index contributed by atoms with van der Waals surface area (Å²) in [6.45, 7) is 0.465. The third-order valence-corrected chi connectivity index (χ3v) is 9.30. The fraction of sp³-hybridized carbons (Fsp3) is 0.118. The third-order valence-electron chi connectivity index (χ3n) is 7.53. The predicted octanol–water partition coefficient (Wildman–Crippen LogP) is 7.31. The van der Waals surface area contributed by atoms with Crippen LogP contribution in [0.3, 0.4) is 0 Å². The number of fused-ring (bicyclic) bond motifs is 3. The molecule has 202 valence electrons. The van der Waals surface area contributed by atoms with E-state index in [-0.39, 0.29) is 11.6 Å². The molecule has 2 heterocycles. The fourth-order valence-electron chi connectivity index (χ4n) is 5.56. The molecule has 0 amide bonds. The first kappa shape index (κ1) is 26.2. The molecule has 5 aromatic rings. The minimum atomic E-state index is -0.227. The van der Waals surface area contributed by atoms with Gasteiger partial charge in [-0.1, -0.05) is 99.5 Å². The standard InChI is InChI=1S/C34H24BrClN2O2S/c35-25-13-8-21(9-14-25)20-40-27-6-3-4-22(18-27)19-30-33(39)38-32(24-10-15-26(36)16-11-24)29-17-12-23-5-1-2-7-28(23)31(29)37-34(38)41-30/h1-11,13-16,18-19,32H,12,17,20H2/b30-19+. The van der Waals surface area contributed by atoms with Crippen LogP contribution in [0.5, 0.6) is 5.75 Å². The Morgan fingerprint density at radius 2 is 1.78 bits per heavy atom. The van der Waals surface area contributed by atoms with Gasteiger partial charge >= 0.3 is 0 Å². The van der Waals surface area contributed by atoms with Gasteiger partial charge in [-0.15, -0.1) is 0 Å². The molecule has 0 radical (unpaired) electrons. The molecular weight excluding hydrogens is 616 g/mol. The smallest absolute Gasteiger partial charge is 0.271 e. The van der Waals surface area contributed by atoms with Crippen molar-refractivity contribution in [3.8, 4) is 5.75 Å². The Morgan fingerprint density at radius 1 is 0.976 bits per heavy atom. The van der Waals surface area contributed by atoms with Gasteiger partial charge in [0.25, 0.3) is 5.56 Å². The minimum absolute atomic E-state index is 0.0414. The topological polar surface area (TPSA) is 43.6 Å². The van der Waals surface area contributed by atoms with Crippen molar-refractivity contribution in [2.45, 2.75) is 25.5 Å². The molecule has 1 atom stereocenters. The zero-order valence-electron chi connectivity index (χ0n) is 21.9. The number of aromatic nitrogens is 1. The number of allylic oxidation sites excluding steroid dienone is 1. The van der Waals surface area contributed by atoms with Crippen molar-refractivity contribution in [3.05, 3.63) is 160 Å². The molecule has 1 aliphatic heterocycles. The van der Waals surface area contributed by atoms with Gasteiger partial charge in [-0.25, -0.2) is 4.99 Å². The summed E-state index contributed by atoms with van der Waals surface area (Å²) in [6, 6.07) is 32.0. The number of thiazole rings is 1. The maximum absolute atomic E-state index is 14.0. The number of ether oxygens (including phenoxy) is 1. The van der Waals surface area contributed by atoms with Crippen LogP contribution in [0.15, 0.2) is 117 Å². The number of halogens is 2. The van der Waals surface area contributed by atoms with E-state index in [4.69, 9.17) is 21.3 Å². The second kappa shape index (κ2) is 10.9. The second-order valence-electron chi connectivity index (χ2n) is 10.2. The van der Waals surface area contributed by atoms with Crippen LogP contribution < -0.4 is 19.6 Å². The molecule has 1 unspecified atom stereocenters. The first-order chi connectivity index (χ1) is 20.0. The summed E-state index contributed by atoms with van der Waals surface area (Å²) in [5, 5.41) is 0.673. The van der Waals surface area contributed by atoms with E-state index >= 15 is 0 Å². The highest BCUT2D eigenvalue weighted by Gasteiger charge is 2.32. The van der Waals surface area contributed by atoms with E-state index in [0.717, 1.165) is 51.0 Å². The van der Waals surface area contributed by atoms with Crippen molar-refractivity contribution in [1.82, 2.24) is 4.57 Å². The third kappa shape index (κ3) is 5.12. The molecule has 0 spiro atoms. The molecule has 0 fully saturated rings. The van der Waals surface area contributed by atoms with Crippen LogP contribution >= 0.6 is 38.9 Å². The zero-order chi connectivity index (χ0) is 27.9. The number of hydrogen-bond acceptors (Lipinski definition) is 4.